The van der Waals surface area contributed by atoms with E-state index in [9.17, 15) is 0 Å². The molecular weight excluding hydrogens is 228 g/mol. The van der Waals surface area contributed by atoms with Gasteiger partial charge in [0.05, 0.1) is 18.2 Å². The molecule has 2 nitrogen and oxygen atoms in total. The molecule has 0 aliphatic carbocycles. The summed E-state index contributed by atoms with van der Waals surface area (Å²) in [5.74, 6) is 0. The van der Waals surface area contributed by atoms with Crippen LogP contribution >= 0.6 is 15.9 Å². The van der Waals surface area contributed by atoms with E-state index in [4.69, 9.17) is 0 Å². The van der Waals surface area contributed by atoms with Gasteiger partial charge in [-0.2, -0.15) is 0 Å². The van der Waals surface area contributed by atoms with E-state index in [1.807, 2.05) is 6.20 Å². The van der Waals surface area contributed by atoms with Crippen LogP contribution in [0.2, 0.25) is 0 Å². The van der Waals surface area contributed by atoms with Crippen LogP contribution in [0.5, 0.6) is 0 Å². The predicted octanol–water partition coefficient (Wildman–Crippen LogP) is 3.15. The quantitative estimate of drug-likeness (QED) is 0.810. The number of aromatic amines is 1. The zero-order valence-corrected chi connectivity index (χ0v) is 8.80. The lowest BCUT2D eigenvalue weighted by molar-refractivity contribution is 1.31. The molecule has 2 rings (SSSR count). The smallest absolute Gasteiger partial charge is 0.0924 e. The molecule has 66 valence electrons. The molecule has 13 heavy (non-hydrogen) atoms. The number of halogens is 1. The van der Waals surface area contributed by atoms with Crippen molar-refractivity contribution in [1.29, 1.82) is 0 Å². The number of nitrogens with zero attached hydrogens (tertiary/aromatic N) is 1. The number of rotatable bonds is 1. The summed E-state index contributed by atoms with van der Waals surface area (Å²) in [5, 5.41) is 0. The molecule has 1 heterocycles. The minimum Gasteiger partial charge on any atom is -0.345 e. The normalized spacial score (nSPS) is 10.3. The van der Waals surface area contributed by atoms with Crippen LogP contribution < -0.4 is 0 Å². The molecule has 0 atom stereocenters. The first-order valence-corrected chi connectivity index (χ1v) is 4.81. The topological polar surface area (TPSA) is 28.7 Å². The molecule has 0 spiro atoms. The Hall–Kier alpha value is -1.09. The summed E-state index contributed by atoms with van der Waals surface area (Å²) in [5.41, 5.74) is 3.42. The lowest BCUT2D eigenvalue weighted by atomic mass is 10.1. The van der Waals surface area contributed by atoms with Crippen molar-refractivity contribution < 1.29 is 0 Å². The third-order valence-electron chi connectivity index (χ3n) is 1.91. The second-order valence-corrected chi connectivity index (χ2v) is 3.80. The average Bonchev–Trinajstić information content (AvgIpc) is 2.56. The number of imidazole rings is 1. The molecule has 1 aromatic carbocycles. The molecule has 0 aliphatic heterocycles. The summed E-state index contributed by atoms with van der Waals surface area (Å²) < 4.78 is 1.09. The van der Waals surface area contributed by atoms with Crippen molar-refractivity contribution in [3.05, 3.63) is 40.8 Å². The maximum absolute atomic E-state index is 3.99. The summed E-state index contributed by atoms with van der Waals surface area (Å²) in [6.07, 6.45) is 3.50. The fourth-order valence-corrected chi connectivity index (χ4v) is 1.95. The molecule has 1 N–H and O–H groups in total. The molecule has 0 aliphatic rings. The molecule has 0 saturated heterocycles. The zero-order valence-electron chi connectivity index (χ0n) is 7.21. The minimum absolute atomic E-state index is 1.03. The van der Waals surface area contributed by atoms with E-state index in [2.05, 4.69) is 51.0 Å². The van der Waals surface area contributed by atoms with Gasteiger partial charge in [0.1, 0.15) is 0 Å². The van der Waals surface area contributed by atoms with Gasteiger partial charge in [-0.25, -0.2) is 4.98 Å². The van der Waals surface area contributed by atoms with Crippen molar-refractivity contribution in [2.24, 2.45) is 0 Å². The largest absolute Gasteiger partial charge is 0.345 e. The number of H-pyrrole nitrogens is 1. The molecule has 0 saturated carbocycles. The molecule has 0 fully saturated rings. The molecule has 1 aromatic heterocycles. The molecule has 0 unspecified atom stereocenters. The van der Waals surface area contributed by atoms with Crippen molar-refractivity contribution in [3.63, 3.8) is 0 Å². The Kier molecular flexibility index (Phi) is 2.19. The van der Waals surface area contributed by atoms with Gasteiger partial charge in [0, 0.05) is 10.0 Å². The predicted molar refractivity (Wildman–Crippen MR) is 56.5 cm³/mol. The number of hydrogen-bond donors (Lipinski definition) is 1. The molecule has 3 heteroatoms. The van der Waals surface area contributed by atoms with Crippen LogP contribution in [0.25, 0.3) is 11.3 Å². The van der Waals surface area contributed by atoms with Crippen LogP contribution in [0, 0.1) is 6.92 Å². The number of hydrogen-bond acceptors (Lipinski definition) is 1. The van der Waals surface area contributed by atoms with Crippen molar-refractivity contribution in [2.45, 2.75) is 6.92 Å². The number of benzene rings is 1. The highest BCUT2D eigenvalue weighted by atomic mass is 79.9. The van der Waals surface area contributed by atoms with Crippen LogP contribution in [-0.4, -0.2) is 9.97 Å². The highest BCUT2D eigenvalue weighted by Gasteiger charge is 2.03. The number of nitrogens with one attached hydrogen (secondary N) is 1. The zero-order chi connectivity index (χ0) is 9.26. The number of aryl methyl sites for hydroxylation is 1. The van der Waals surface area contributed by atoms with Gasteiger partial charge in [-0.3, -0.25) is 0 Å². The van der Waals surface area contributed by atoms with Gasteiger partial charge in [0.15, 0.2) is 0 Å². The Balaban J connectivity index is 2.53. The standard InChI is InChI=1S/C10H9BrN2/c1-7-2-3-8(9(11)4-7)10-5-12-6-13-10/h2-6H,1H3,(H,12,13). The molecular formula is C10H9BrN2. The maximum Gasteiger partial charge on any atom is 0.0924 e. The van der Waals surface area contributed by atoms with E-state index in [1.165, 1.54) is 5.56 Å². The van der Waals surface area contributed by atoms with Crippen molar-refractivity contribution >= 4 is 15.9 Å². The third kappa shape index (κ3) is 1.65. The van der Waals surface area contributed by atoms with Crippen molar-refractivity contribution in [2.75, 3.05) is 0 Å². The highest BCUT2D eigenvalue weighted by Crippen LogP contribution is 2.26. The van der Waals surface area contributed by atoms with Crippen LogP contribution in [0.1, 0.15) is 5.56 Å². The fraction of sp³-hybridized carbons (Fsp3) is 0.100. The first-order chi connectivity index (χ1) is 6.27. The second-order valence-electron chi connectivity index (χ2n) is 2.95. The summed E-state index contributed by atoms with van der Waals surface area (Å²) in [6, 6.07) is 6.25. The van der Waals surface area contributed by atoms with Gasteiger partial charge in [0.2, 0.25) is 0 Å². The summed E-state index contributed by atoms with van der Waals surface area (Å²) in [6.45, 7) is 2.07. The Morgan fingerprint density at radius 2 is 2.23 bits per heavy atom. The van der Waals surface area contributed by atoms with Crippen molar-refractivity contribution in [3.8, 4) is 11.3 Å². The summed E-state index contributed by atoms with van der Waals surface area (Å²) in [7, 11) is 0. The van der Waals surface area contributed by atoms with E-state index in [0.29, 0.717) is 0 Å². The SMILES string of the molecule is Cc1ccc(-c2cnc[nH]2)c(Br)c1. The van der Waals surface area contributed by atoms with Crippen LogP contribution in [0.15, 0.2) is 35.2 Å². The first-order valence-electron chi connectivity index (χ1n) is 4.02. The lowest BCUT2D eigenvalue weighted by Gasteiger charge is -2.01. The van der Waals surface area contributed by atoms with E-state index >= 15 is 0 Å². The van der Waals surface area contributed by atoms with Crippen LogP contribution in [-0.2, 0) is 0 Å². The van der Waals surface area contributed by atoms with Gasteiger partial charge in [-0.05, 0) is 18.6 Å². The van der Waals surface area contributed by atoms with Crippen LogP contribution in [0.4, 0.5) is 0 Å². The maximum atomic E-state index is 3.99. The molecule has 0 bridgehead atoms. The first kappa shape index (κ1) is 8.51. The van der Waals surface area contributed by atoms with Crippen LogP contribution in [0.3, 0.4) is 0 Å². The number of aromatic nitrogens is 2. The van der Waals surface area contributed by atoms with Gasteiger partial charge in [-0.15, -0.1) is 0 Å². The highest BCUT2D eigenvalue weighted by molar-refractivity contribution is 9.10. The molecule has 0 radical (unpaired) electrons. The van der Waals surface area contributed by atoms with Gasteiger partial charge in [0.25, 0.3) is 0 Å². The summed E-state index contributed by atoms with van der Waals surface area (Å²) >= 11 is 3.52. The fourth-order valence-electron chi connectivity index (χ4n) is 1.24. The van der Waals surface area contributed by atoms with E-state index in [-0.39, 0.29) is 0 Å². The van der Waals surface area contributed by atoms with Gasteiger partial charge < -0.3 is 4.98 Å². The average molecular weight is 237 g/mol. The Morgan fingerprint density at radius 1 is 1.38 bits per heavy atom. The van der Waals surface area contributed by atoms with Gasteiger partial charge in [-0.1, -0.05) is 28.1 Å². The Bertz CT molecular complexity index is 407. The lowest BCUT2D eigenvalue weighted by Crippen LogP contribution is -1.80. The monoisotopic (exact) mass is 236 g/mol. The third-order valence-corrected chi connectivity index (χ3v) is 2.57. The van der Waals surface area contributed by atoms with Crippen molar-refractivity contribution in [1.82, 2.24) is 9.97 Å². The van der Waals surface area contributed by atoms with E-state index in [1.54, 1.807) is 6.33 Å². The summed E-state index contributed by atoms with van der Waals surface area (Å²) in [4.78, 5) is 7.06. The molecule has 2 aromatic rings. The van der Waals surface area contributed by atoms with Gasteiger partial charge >= 0.3 is 0 Å². The minimum atomic E-state index is 1.03. The van der Waals surface area contributed by atoms with E-state index in [0.717, 1.165) is 15.7 Å². The Labute approximate surface area is 85.1 Å². The van der Waals surface area contributed by atoms with E-state index < -0.39 is 0 Å². The molecule has 0 amide bonds. The Morgan fingerprint density at radius 3 is 2.85 bits per heavy atom. The second kappa shape index (κ2) is 3.34.